The van der Waals surface area contributed by atoms with Gasteiger partial charge in [-0.25, -0.2) is 0 Å². The lowest BCUT2D eigenvalue weighted by atomic mass is 10.00. The van der Waals surface area contributed by atoms with Crippen LogP contribution in [0.1, 0.15) is 36.1 Å². The number of benzene rings is 7. The van der Waals surface area contributed by atoms with Crippen molar-refractivity contribution in [3.05, 3.63) is 192 Å². The average molecular weight is 621 g/mol. The van der Waals surface area contributed by atoms with Crippen molar-refractivity contribution >= 4 is 56.5 Å². The van der Waals surface area contributed by atoms with Crippen molar-refractivity contribution in [2.24, 2.45) is 0 Å². The number of rotatable bonds is 10. The molecule has 2 nitrogen and oxygen atoms in total. The Morgan fingerprint density at radius 2 is 0.750 bits per heavy atom. The molecule has 0 atom stereocenters. The second-order valence-electron chi connectivity index (χ2n) is 12.0. The number of nitrogens with zero attached hydrogens (tertiary/aromatic N) is 2. The van der Waals surface area contributed by atoms with E-state index in [2.05, 4.69) is 206 Å². The van der Waals surface area contributed by atoms with Gasteiger partial charge >= 0.3 is 0 Å². The summed E-state index contributed by atoms with van der Waals surface area (Å²) >= 11 is 0. The molecule has 0 aliphatic heterocycles. The Bertz CT molecular complexity index is 2040. The Morgan fingerprint density at radius 3 is 1.12 bits per heavy atom. The Balaban J connectivity index is 1.34. The van der Waals surface area contributed by atoms with Gasteiger partial charge in [0.2, 0.25) is 0 Å². The Morgan fingerprint density at radius 1 is 0.396 bits per heavy atom. The number of para-hydroxylation sites is 2. The van der Waals surface area contributed by atoms with Crippen LogP contribution in [0.4, 0.5) is 11.4 Å². The summed E-state index contributed by atoms with van der Waals surface area (Å²) in [5.41, 5.74) is 9.39. The van der Waals surface area contributed by atoms with Gasteiger partial charge in [-0.2, -0.15) is 0 Å². The summed E-state index contributed by atoms with van der Waals surface area (Å²) in [6, 6.07) is 61.0. The van der Waals surface area contributed by atoms with Crippen LogP contribution in [-0.4, -0.2) is 13.1 Å². The van der Waals surface area contributed by atoms with Crippen molar-refractivity contribution in [3.8, 4) is 0 Å². The molecular formula is C46H40N2. The zero-order valence-corrected chi connectivity index (χ0v) is 27.6. The van der Waals surface area contributed by atoms with Crippen LogP contribution in [0.2, 0.25) is 0 Å². The van der Waals surface area contributed by atoms with Gasteiger partial charge in [-0.3, -0.25) is 0 Å². The first-order chi connectivity index (χ1) is 23.7. The van der Waals surface area contributed by atoms with Crippen LogP contribution < -0.4 is 9.80 Å². The molecule has 0 aliphatic carbocycles. The molecule has 0 fully saturated rings. The first kappa shape index (κ1) is 30.8. The molecule has 0 unspecified atom stereocenters. The topological polar surface area (TPSA) is 6.48 Å². The summed E-state index contributed by atoms with van der Waals surface area (Å²) in [6.45, 7) is 6.13. The van der Waals surface area contributed by atoms with E-state index in [1.54, 1.807) is 0 Å². The third kappa shape index (κ3) is 6.65. The highest BCUT2D eigenvalue weighted by atomic mass is 15.1. The standard InChI is InChI=1S/C46H40N2/c1-3-47(43-19-7-5-8-20-43)45(33-35-23-25-37-15-11-13-17-41(37)31-35)39-27-29-40(30-28-39)46(48(4-2)44-21-9-6-10-22-44)34-36-24-26-38-16-12-14-18-42(38)32-36/h5-34H,3-4H2,1-2H3/b45-33+,46-34+. The summed E-state index contributed by atoms with van der Waals surface area (Å²) in [4.78, 5) is 4.80. The first-order valence-corrected chi connectivity index (χ1v) is 16.9. The van der Waals surface area contributed by atoms with Crippen LogP contribution in [0, 0.1) is 0 Å². The number of anilines is 2. The molecular weight excluding hydrogens is 581 g/mol. The highest BCUT2D eigenvalue weighted by Gasteiger charge is 2.16. The van der Waals surface area contributed by atoms with Crippen molar-refractivity contribution in [2.75, 3.05) is 22.9 Å². The van der Waals surface area contributed by atoms with Crippen molar-refractivity contribution in [3.63, 3.8) is 0 Å². The van der Waals surface area contributed by atoms with Crippen LogP contribution in [0.5, 0.6) is 0 Å². The van der Waals surface area contributed by atoms with Crippen molar-refractivity contribution < 1.29 is 0 Å². The molecule has 7 aromatic carbocycles. The van der Waals surface area contributed by atoms with Crippen LogP contribution >= 0.6 is 0 Å². The number of hydrogen-bond donors (Lipinski definition) is 0. The lowest BCUT2D eigenvalue weighted by Crippen LogP contribution is -2.22. The zero-order chi connectivity index (χ0) is 32.7. The minimum absolute atomic E-state index is 0.843. The Hall–Kier alpha value is -5.86. The fourth-order valence-electron chi connectivity index (χ4n) is 6.56. The lowest BCUT2D eigenvalue weighted by molar-refractivity contribution is 1.03. The molecule has 0 bridgehead atoms. The van der Waals surface area contributed by atoms with Gasteiger partial charge in [0.05, 0.1) is 0 Å². The van der Waals surface area contributed by atoms with Crippen molar-refractivity contribution in [2.45, 2.75) is 13.8 Å². The highest BCUT2D eigenvalue weighted by molar-refractivity contribution is 5.95. The fourth-order valence-corrected chi connectivity index (χ4v) is 6.56. The van der Waals surface area contributed by atoms with Gasteiger partial charge in [-0.05, 0) is 106 Å². The van der Waals surface area contributed by atoms with Gasteiger partial charge in [-0.15, -0.1) is 0 Å². The molecule has 2 heteroatoms. The van der Waals surface area contributed by atoms with Gasteiger partial charge in [-0.1, -0.05) is 133 Å². The predicted molar refractivity (Wildman–Crippen MR) is 209 cm³/mol. The number of hydrogen-bond acceptors (Lipinski definition) is 2. The third-order valence-corrected chi connectivity index (χ3v) is 8.98. The van der Waals surface area contributed by atoms with Crippen molar-refractivity contribution in [1.29, 1.82) is 0 Å². The van der Waals surface area contributed by atoms with Crippen LogP contribution in [-0.2, 0) is 0 Å². The molecule has 7 rings (SSSR count). The van der Waals surface area contributed by atoms with E-state index >= 15 is 0 Å². The highest BCUT2D eigenvalue weighted by Crippen LogP contribution is 2.33. The van der Waals surface area contributed by atoms with Gasteiger partial charge in [0.1, 0.15) is 0 Å². The molecule has 7 aromatic rings. The largest absolute Gasteiger partial charge is 0.341 e. The molecule has 0 amide bonds. The average Bonchev–Trinajstić information content (AvgIpc) is 3.15. The molecule has 0 heterocycles. The minimum atomic E-state index is 0.843. The maximum absolute atomic E-state index is 2.40. The minimum Gasteiger partial charge on any atom is -0.341 e. The summed E-state index contributed by atoms with van der Waals surface area (Å²) < 4.78 is 0. The normalized spacial score (nSPS) is 12.0. The Kier molecular flexibility index (Phi) is 9.15. The van der Waals surface area contributed by atoms with E-state index in [1.165, 1.54) is 66.6 Å². The van der Waals surface area contributed by atoms with Crippen LogP contribution in [0.25, 0.3) is 45.1 Å². The van der Waals surface area contributed by atoms with Crippen LogP contribution in [0.15, 0.2) is 170 Å². The molecule has 0 N–H and O–H groups in total. The lowest BCUT2D eigenvalue weighted by Gasteiger charge is -2.29. The second kappa shape index (κ2) is 14.3. The zero-order valence-electron chi connectivity index (χ0n) is 27.6. The molecule has 48 heavy (non-hydrogen) atoms. The van der Waals surface area contributed by atoms with Gasteiger partial charge in [0, 0.05) is 35.9 Å². The maximum Gasteiger partial charge on any atom is 0.0490 e. The molecule has 0 saturated heterocycles. The molecule has 0 saturated carbocycles. The summed E-state index contributed by atoms with van der Waals surface area (Å²) in [6.07, 6.45) is 4.65. The monoisotopic (exact) mass is 620 g/mol. The quantitative estimate of drug-likeness (QED) is 0.140. The smallest absolute Gasteiger partial charge is 0.0490 e. The van der Waals surface area contributed by atoms with Crippen molar-refractivity contribution in [1.82, 2.24) is 0 Å². The van der Waals surface area contributed by atoms with E-state index in [0.717, 1.165) is 13.1 Å². The molecule has 0 aliphatic rings. The summed E-state index contributed by atoms with van der Waals surface area (Å²) in [5, 5.41) is 4.99. The van der Waals surface area contributed by atoms with E-state index in [1.807, 2.05) is 0 Å². The SMILES string of the molecule is CCN(/C(=C/c1ccc2ccccc2c1)c1ccc(/C(=C\c2ccc3ccccc3c2)N(CC)c2ccccc2)cc1)c1ccccc1. The maximum atomic E-state index is 2.40. The van der Waals surface area contributed by atoms with E-state index in [0.29, 0.717) is 0 Å². The number of fused-ring (bicyclic) bond motifs is 2. The summed E-state index contributed by atoms with van der Waals surface area (Å²) in [5.74, 6) is 0. The molecule has 0 aromatic heterocycles. The molecule has 0 radical (unpaired) electrons. The fraction of sp³-hybridized carbons (Fsp3) is 0.0870. The van der Waals surface area contributed by atoms with Gasteiger partial charge < -0.3 is 9.80 Å². The van der Waals surface area contributed by atoms with Gasteiger partial charge in [0.15, 0.2) is 0 Å². The van der Waals surface area contributed by atoms with E-state index in [4.69, 9.17) is 0 Å². The van der Waals surface area contributed by atoms with E-state index in [-0.39, 0.29) is 0 Å². The predicted octanol–water partition coefficient (Wildman–Crippen LogP) is 12.0. The third-order valence-electron chi connectivity index (χ3n) is 8.98. The Labute approximate surface area is 284 Å². The second-order valence-corrected chi connectivity index (χ2v) is 12.0. The van der Waals surface area contributed by atoms with Crippen LogP contribution in [0.3, 0.4) is 0 Å². The van der Waals surface area contributed by atoms with Gasteiger partial charge in [0.25, 0.3) is 0 Å². The summed E-state index contributed by atoms with van der Waals surface area (Å²) in [7, 11) is 0. The first-order valence-electron chi connectivity index (χ1n) is 16.9. The molecule has 0 spiro atoms. The van der Waals surface area contributed by atoms with E-state index < -0.39 is 0 Å². The van der Waals surface area contributed by atoms with E-state index in [9.17, 15) is 0 Å². The molecule has 234 valence electrons.